The number of anilines is 1. The highest BCUT2D eigenvalue weighted by Gasteiger charge is 2.42. The number of hydrogen-bond donors (Lipinski definition) is 3. The number of thiocarbonyl (C=S) groups is 1. The summed E-state index contributed by atoms with van der Waals surface area (Å²) in [5, 5.41) is 22.9. The van der Waals surface area contributed by atoms with Crippen LogP contribution in [0.5, 0.6) is 11.5 Å². The third-order valence-electron chi connectivity index (χ3n) is 7.16. The van der Waals surface area contributed by atoms with Crippen LogP contribution in [0, 0.1) is 6.92 Å². The molecule has 0 bridgehead atoms. The van der Waals surface area contributed by atoms with Crippen LogP contribution in [0.25, 0.3) is 11.3 Å². The number of carboxylic acid groups (broad SMARTS) is 2. The number of pyridine rings is 1. The number of furan rings is 1. The van der Waals surface area contributed by atoms with Crippen LogP contribution in [0.15, 0.2) is 108 Å². The van der Waals surface area contributed by atoms with Gasteiger partial charge in [0.05, 0.1) is 22.9 Å². The molecule has 1 saturated heterocycles. The Labute approximate surface area is 252 Å². The van der Waals surface area contributed by atoms with E-state index in [-0.39, 0.29) is 17.2 Å². The first-order valence-corrected chi connectivity index (χ1v) is 13.8. The molecule has 0 spiro atoms. The highest BCUT2D eigenvalue weighted by atomic mass is 32.1. The van der Waals surface area contributed by atoms with Gasteiger partial charge in [0.15, 0.2) is 5.11 Å². The molecule has 0 saturated carbocycles. The van der Waals surface area contributed by atoms with Crippen LogP contribution in [0.4, 0.5) is 5.69 Å². The maximum Gasteiger partial charge on any atom is 0.335 e. The minimum absolute atomic E-state index is 0.155. The van der Waals surface area contributed by atoms with E-state index < -0.39 is 18.0 Å². The van der Waals surface area contributed by atoms with E-state index in [0.29, 0.717) is 27.9 Å². The minimum Gasteiger partial charge on any atom is -0.478 e. The van der Waals surface area contributed by atoms with Gasteiger partial charge in [-0.1, -0.05) is 24.3 Å². The van der Waals surface area contributed by atoms with Gasteiger partial charge in [0, 0.05) is 17.4 Å². The molecule has 9 nitrogen and oxygen atoms in total. The molecule has 1 fully saturated rings. The molecule has 6 rings (SSSR count). The fourth-order valence-corrected chi connectivity index (χ4v) is 5.42. The van der Waals surface area contributed by atoms with Crippen LogP contribution in [0.1, 0.15) is 49.8 Å². The Balaban J connectivity index is 1.38. The molecule has 0 aliphatic carbocycles. The number of carbonyl (C=O) groups is 2. The maximum atomic E-state index is 11.7. The molecule has 3 aromatic carbocycles. The summed E-state index contributed by atoms with van der Waals surface area (Å²) in [7, 11) is 0. The second-order valence-corrected chi connectivity index (χ2v) is 10.4. The first-order valence-electron chi connectivity index (χ1n) is 13.3. The van der Waals surface area contributed by atoms with Gasteiger partial charge in [0.25, 0.3) is 0 Å². The number of carboxylic acids is 2. The van der Waals surface area contributed by atoms with Crippen LogP contribution < -0.4 is 15.0 Å². The largest absolute Gasteiger partial charge is 0.478 e. The van der Waals surface area contributed by atoms with Gasteiger partial charge in [-0.05, 0) is 97.5 Å². The third-order valence-corrected chi connectivity index (χ3v) is 7.48. The Morgan fingerprint density at radius 2 is 1.60 bits per heavy atom. The molecule has 2 atom stereocenters. The van der Waals surface area contributed by atoms with Crippen molar-refractivity contribution in [3.63, 3.8) is 0 Å². The second-order valence-electron chi connectivity index (χ2n) is 9.97. The first-order chi connectivity index (χ1) is 20.8. The van der Waals surface area contributed by atoms with Crippen LogP contribution in [0.3, 0.4) is 0 Å². The van der Waals surface area contributed by atoms with Gasteiger partial charge in [-0.15, -0.1) is 0 Å². The van der Waals surface area contributed by atoms with Crippen LogP contribution in [-0.2, 0) is 0 Å². The van der Waals surface area contributed by atoms with Crippen LogP contribution in [-0.4, -0.2) is 32.2 Å². The summed E-state index contributed by atoms with van der Waals surface area (Å²) in [5.41, 5.74) is 2.58. The van der Waals surface area contributed by atoms with E-state index in [4.69, 9.17) is 21.4 Å². The lowest BCUT2D eigenvalue weighted by Gasteiger charge is -2.26. The Morgan fingerprint density at radius 3 is 2.26 bits per heavy atom. The van der Waals surface area contributed by atoms with Crippen LogP contribution in [0.2, 0.25) is 0 Å². The molecule has 43 heavy (non-hydrogen) atoms. The molecule has 0 unspecified atom stereocenters. The van der Waals surface area contributed by atoms with Gasteiger partial charge >= 0.3 is 11.9 Å². The topological polar surface area (TPSA) is 125 Å². The average Bonchev–Trinajstić information content (AvgIpc) is 3.64. The number of ether oxygens (including phenoxy) is 1. The number of nitrogens with zero attached hydrogens (tertiary/aromatic N) is 2. The standard InChI is InChI=1S/C33H25N3O6S/c1-19-6-2-3-8-26(19)41-24-11-9-23(10-12-24)36-30(29(35-33(36)43)25-7-4-5-15-34-25)28-14-13-27(42-28)20-16-21(31(37)38)18-22(17-20)32(39)40/h2-18,29-30H,1H3,(H,35,43)(H,37,38)(H,39,40)/t29-,30-/m1/s1. The van der Waals surface area contributed by atoms with E-state index in [1.165, 1.54) is 12.1 Å². The number of aryl methyl sites for hydroxylation is 1. The Bertz CT molecular complexity index is 1810. The quantitative estimate of drug-likeness (QED) is 0.162. The summed E-state index contributed by atoms with van der Waals surface area (Å²) < 4.78 is 12.4. The third kappa shape index (κ3) is 5.55. The number of benzene rings is 3. The smallest absolute Gasteiger partial charge is 0.335 e. The fourth-order valence-electron chi connectivity index (χ4n) is 5.08. The lowest BCUT2D eigenvalue weighted by Crippen LogP contribution is -2.29. The van der Waals surface area contributed by atoms with E-state index >= 15 is 0 Å². The van der Waals surface area contributed by atoms with Crippen molar-refractivity contribution in [3.05, 3.63) is 131 Å². The zero-order valence-electron chi connectivity index (χ0n) is 22.8. The van der Waals surface area contributed by atoms with Crippen molar-refractivity contribution in [1.82, 2.24) is 10.3 Å². The Hall–Kier alpha value is -5.48. The highest BCUT2D eigenvalue weighted by molar-refractivity contribution is 7.80. The molecule has 0 amide bonds. The summed E-state index contributed by atoms with van der Waals surface area (Å²) in [6, 6.07) is 27.5. The summed E-state index contributed by atoms with van der Waals surface area (Å²) in [5.74, 6) is -0.198. The van der Waals surface area contributed by atoms with Crippen molar-refractivity contribution >= 4 is 35.0 Å². The van der Waals surface area contributed by atoms with Crippen molar-refractivity contribution in [1.29, 1.82) is 0 Å². The van der Waals surface area contributed by atoms with Crippen molar-refractivity contribution < 1.29 is 29.0 Å². The highest BCUT2D eigenvalue weighted by Crippen LogP contribution is 2.43. The number of para-hydroxylation sites is 1. The van der Waals surface area contributed by atoms with Crippen molar-refractivity contribution in [2.75, 3.05) is 4.90 Å². The van der Waals surface area contributed by atoms with Gasteiger partial charge < -0.3 is 29.6 Å². The van der Waals surface area contributed by atoms with Gasteiger partial charge in [-0.3, -0.25) is 4.98 Å². The van der Waals surface area contributed by atoms with Gasteiger partial charge in [0.2, 0.25) is 0 Å². The number of nitrogens with one attached hydrogen (secondary N) is 1. The molecule has 5 aromatic rings. The average molecular weight is 592 g/mol. The second kappa shape index (κ2) is 11.4. The molecule has 1 aliphatic rings. The van der Waals surface area contributed by atoms with E-state index in [1.807, 2.05) is 78.6 Å². The molecule has 3 N–H and O–H groups in total. The Kier molecular flexibility index (Phi) is 7.35. The number of aromatic nitrogens is 1. The molecular weight excluding hydrogens is 566 g/mol. The van der Waals surface area contributed by atoms with Crippen molar-refractivity contribution in [2.24, 2.45) is 0 Å². The molecule has 214 valence electrons. The summed E-state index contributed by atoms with van der Waals surface area (Å²) in [4.78, 5) is 29.9. The van der Waals surface area contributed by atoms with Crippen LogP contribution >= 0.6 is 12.2 Å². The minimum atomic E-state index is -1.24. The van der Waals surface area contributed by atoms with Crippen molar-refractivity contribution in [2.45, 2.75) is 19.0 Å². The monoisotopic (exact) mass is 591 g/mol. The summed E-state index contributed by atoms with van der Waals surface area (Å²) in [6.07, 6.45) is 1.70. The fraction of sp³-hybridized carbons (Fsp3) is 0.0909. The van der Waals surface area contributed by atoms with Gasteiger partial charge in [0.1, 0.15) is 29.1 Å². The summed E-state index contributed by atoms with van der Waals surface area (Å²) >= 11 is 5.81. The van der Waals surface area contributed by atoms with E-state index in [2.05, 4.69) is 10.3 Å². The predicted molar refractivity (Wildman–Crippen MR) is 164 cm³/mol. The Morgan fingerprint density at radius 1 is 0.907 bits per heavy atom. The number of rotatable bonds is 8. The molecular formula is C33H25N3O6S. The van der Waals surface area contributed by atoms with Gasteiger partial charge in [-0.25, -0.2) is 9.59 Å². The maximum absolute atomic E-state index is 11.7. The molecule has 10 heteroatoms. The number of hydrogen-bond acceptors (Lipinski definition) is 6. The zero-order valence-corrected chi connectivity index (χ0v) is 23.6. The SMILES string of the molecule is Cc1ccccc1Oc1ccc(N2C(=S)N[C@H](c3ccccn3)[C@H]2c2ccc(-c3cc(C(=O)O)cc(C(=O)O)c3)o2)cc1. The number of aromatic carboxylic acids is 2. The van der Waals surface area contributed by atoms with E-state index in [1.54, 1.807) is 18.3 Å². The lowest BCUT2D eigenvalue weighted by atomic mass is 10.0. The van der Waals surface area contributed by atoms with E-state index in [9.17, 15) is 19.8 Å². The molecule has 1 aliphatic heterocycles. The first kappa shape index (κ1) is 27.7. The normalized spacial score (nSPS) is 16.1. The van der Waals surface area contributed by atoms with E-state index in [0.717, 1.165) is 28.8 Å². The summed E-state index contributed by atoms with van der Waals surface area (Å²) in [6.45, 7) is 1.98. The zero-order chi connectivity index (χ0) is 30.1. The predicted octanol–water partition coefficient (Wildman–Crippen LogP) is 7.02. The lowest BCUT2D eigenvalue weighted by molar-refractivity contribution is 0.0696. The van der Waals surface area contributed by atoms with Gasteiger partial charge in [-0.2, -0.15) is 0 Å². The molecule has 3 heterocycles. The molecule has 0 radical (unpaired) electrons. The molecule has 2 aromatic heterocycles. The van der Waals surface area contributed by atoms with Crippen molar-refractivity contribution in [3.8, 4) is 22.8 Å².